The van der Waals surface area contributed by atoms with Crippen LogP contribution >= 0.6 is 15.9 Å². The van der Waals surface area contributed by atoms with Crippen LogP contribution in [0.2, 0.25) is 0 Å². The minimum absolute atomic E-state index is 0.157. The normalized spacial score (nSPS) is 16.2. The maximum Gasteiger partial charge on any atom is 0.435 e. The van der Waals surface area contributed by atoms with Gasteiger partial charge in [0.2, 0.25) is 0 Å². The SMILES string of the molecule is O=C(c1nc(Br)n2ccccc12)N1CCC(n2ccc(C(F)(F)F)n2)CC1. The summed E-state index contributed by atoms with van der Waals surface area (Å²) in [5.41, 5.74) is 0.174. The van der Waals surface area contributed by atoms with Gasteiger partial charge in [0.05, 0.1) is 11.6 Å². The summed E-state index contributed by atoms with van der Waals surface area (Å²) in [4.78, 5) is 18.9. The van der Waals surface area contributed by atoms with Crippen LogP contribution in [0, 0.1) is 0 Å². The third-order valence-corrected chi connectivity index (χ3v) is 5.29. The molecule has 3 aromatic heterocycles. The fourth-order valence-corrected chi connectivity index (χ4v) is 3.82. The molecule has 3 aromatic rings. The summed E-state index contributed by atoms with van der Waals surface area (Å²) in [6.07, 6.45) is -0.205. The molecule has 1 aliphatic heterocycles. The van der Waals surface area contributed by atoms with E-state index < -0.39 is 11.9 Å². The fourth-order valence-electron chi connectivity index (χ4n) is 3.33. The number of carbonyl (C=O) groups is 1. The zero-order chi connectivity index (χ0) is 19.2. The molecule has 0 bridgehead atoms. The molecule has 0 saturated carbocycles. The Kier molecular flexibility index (Phi) is 4.45. The third-order valence-electron chi connectivity index (χ3n) is 4.73. The number of hydrogen-bond acceptors (Lipinski definition) is 3. The molecule has 10 heteroatoms. The van der Waals surface area contributed by atoms with Gasteiger partial charge in [-0.1, -0.05) is 6.07 Å². The number of alkyl halides is 3. The van der Waals surface area contributed by atoms with E-state index in [2.05, 4.69) is 26.0 Å². The van der Waals surface area contributed by atoms with Crippen molar-refractivity contribution < 1.29 is 18.0 Å². The quantitative estimate of drug-likeness (QED) is 0.607. The van der Waals surface area contributed by atoms with Gasteiger partial charge in [0.1, 0.15) is 0 Å². The van der Waals surface area contributed by atoms with E-state index in [-0.39, 0.29) is 11.9 Å². The minimum Gasteiger partial charge on any atom is -0.337 e. The summed E-state index contributed by atoms with van der Waals surface area (Å²) in [5, 5.41) is 3.64. The number of nitrogens with zero attached hydrogens (tertiary/aromatic N) is 5. The van der Waals surface area contributed by atoms with Crippen LogP contribution < -0.4 is 0 Å². The average Bonchev–Trinajstić information content (AvgIpc) is 3.27. The number of likely N-dealkylation sites (tertiary alicyclic amines) is 1. The molecular formula is C17H15BrF3N5O. The Bertz CT molecular complexity index is 988. The van der Waals surface area contributed by atoms with Gasteiger partial charge in [-0.15, -0.1) is 0 Å². The third kappa shape index (κ3) is 3.33. The maximum atomic E-state index is 12.9. The van der Waals surface area contributed by atoms with Crippen molar-refractivity contribution in [2.45, 2.75) is 25.1 Å². The standard InChI is InChI=1S/C17H15BrF3N5O/c18-16-22-14(12-3-1-2-7-25(12)16)15(27)24-8-4-11(5-9-24)26-10-6-13(23-26)17(19,20)21/h1-3,6-7,10-11H,4-5,8-9H2. The molecule has 1 saturated heterocycles. The summed E-state index contributed by atoms with van der Waals surface area (Å²) >= 11 is 3.35. The monoisotopic (exact) mass is 441 g/mol. The molecule has 0 aromatic carbocycles. The Balaban J connectivity index is 1.47. The van der Waals surface area contributed by atoms with Crippen molar-refractivity contribution in [2.75, 3.05) is 13.1 Å². The predicted octanol–water partition coefficient (Wildman–Crippen LogP) is 3.79. The molecule has 0 spiro atoms. The van der Waals surface area contributed by atoms with Gasteiger partial charge in [0.15, 0.2) is 16.1 Å². The topological polar surface area (TPSA) is 55.4 Å². The zero-order valence-electron chi connectivity index (χ0n) is 14.0. The highest BCUT2D eigenvalue weighted by atomic mass is 79.9. The Morgan fingerprint density at radius 3 is 2.56 bits per heavy atom. The van der Waals surface area contributed by atoms with Crippen LogP contribution in [0.15, 0.2) is 41.4 Å². The van der Waals surface area contributed by atoms with E-state index >= 15 is 0 Å². The molecule has 0 N–H and O–H groups in total. The number of carbonyl (C=O) groups excluding carboxylic acids is 1. The van der Waals surface area contributed by atoms with E-state index in [1.807, 2.05) is 24.4 Å². The van der Waals surface area contributed by atoms with E-state index in [1.54, 1.807) is 9.30 Å². The van der Waals surface area contributed by atoms with Gasteiger partial charge in [-0.25, -0.2) is 4.98 Å². The van der Waals surface area contributed by atoms with Gasteiger partial charge < -0.3 is 4.90 Å². The molecule has 1 fully saturated rings. The number of hydrogen-bond donors (Lipinski definition) is 0. The van der Waals surface area contributed by atoms with Crippen LogP contribution in [0.1, 0.15) is 35.1 Å². The first kappa shape index (κ1) is 18.0. The molecule has 27 heavy (non-hydrogen) atoms. The number of rotatable bonds is 2. The van der Waals surface area contributed by atoms with E-state index in [0.717, 1.165) is 6.07 Å². The molecule has 1 aliphatic rings. The summed E-state index contributed by atoms with van der Waals surface area (Å²) in [5.74, 6) is -0.181. The highest BCUT2D eigenvalue weighted by Crippen LogP contribution is 2.30. The molecule has 1 amide bonds. The molecule has 6 nitrogen and oxygen atoms in total. The largest absolute Gasteiger partial charge is 0.435 e. The Hall–Kier alpha value is -2.36. The highest BCUT2D eigenvalue weighted by Gasteiger charge is 2.35. The number of halogens is 4. The van der Waals surface area contributed by atoms with Gasteiger partial charge in [-0.2, -0.15) is 18.3 Å². The maximum absolute atomic E-state index is 12.9. The van der Waals surface area contributed by atoms with E-state index in [0.29, 0.717) is 41.9 Å². The molecule has 4 heterocycles. The van der Waals surface area contributed by atoms with Crippen LogP contribution in [-0.2, 0) is 6.18 Å². The van der Waals surface area contributed by atoms with Crippen LogP contribution in [0.5, 0.6) is 0 Å². The number of imidazole rings is 1. The second-order valence-corrected chi connectivity index (χ2v) is 7.10. The summed E-state index contributed by atoms with van der Waals surface area (Å²) in [6, 6.07) is 6.32. The van der Waals surface area contributed by atoms with Crippen molar-refractivity contribution in [3.8, 4) is 0 Å². The lowest BCUT2D eigenvalue weighted by atomic mass is 10.0. The van der Waals surface area contributed by atoms with Gasteiger partial charge >= 0.3 is 6.18 Å². The molecule has 0 aliphatic carbocycles. The predicted molar refractivity (Wildman–Crippen MR) is 94.3 cm³/mol. The van der Waals surface area contributed by atoms with Crippen LogP contribution in [0.25, 0.3) is 5.52 Å². The summed E-state index contributed by atoms with van der Waals surface area (Å²) < 4.78 is 41.8. The fraction of sp³-hybridized carbons (Fsp3) is 0.353. The Morgan fingerprint density at radius 2 is 1.89 bits per heavy atom. The molecule has 4 rings (SSSR count). The van der Waals surface area contributed by atoms with E-state index in [4.69, 9.17) is 0 Å². The number of pyridine rings is 1. The second kappa shape index (κ2) is 6.66. The molecular weight excluding hydrogens is 427 g/mol. The first-order valence-corrected chi connectivity index (χ1v) is 9.18. The molecule has 0 atom stereocenters. The van der Waals surface area contributed by atoms with E-state index in [1.165, 1.54) is 10.9 Å². The Labute approximate surface area is 160 Å². The van der Waals surface area contributed by atoms with Crippen molar-refractivity contribution in [2.24, 2.45) is 0 Å². The van der Waals surface area contributed by atoms with Crippen molar-refractivity contribution in [1.82, 2.24) is 24.1 Å². The van der Waals surface area contributed by atoms with E-state index in [9.17, 15) is 18.0 Å². The average molecular weight is 442 g/mol. The van der Waals surface area contributed by atoms with Crippen molar-refractivity contribution in [3.05, 3.63) is 52.8 Å². The van der Waals surface area contributed by atoms with Crippen molar-refractivity contribution in [1.29, 1.82) is 0 Å². The lowest BCUT2D eigenvalue weighted by molar-refractivity contribution is -0.141. The summed E-state index contributed by atoms with van der Waals surface area (Å²) in [7, 11) is 0. The lowest BCUT2D eigenvalue weighted by Gasteiger charge is -2.31. The van der Waals surface area contributed by atoms with Crippen molar-refractivity contribution >= 4 is 27.4 Å². The smallest absolute Gasteiger partial charge is 0.337 e. The Morgan fingerprint density at radius 1 is 1.15 bits per heavy atom. The van der Waals surface area contributed by atoms with Gasteiger partial charge in [0.25, 0.3) is 5.91 Å². The van der Waals surface area contributed by atoms with Gasteiger partial charge in [-0.05, 0) is 47.0 Å². The number of piperidine rings is 1. The molecule has 142 valence electrons. The first-order chi connectivity index (χ1) is 12.8. The van der Waals surface area contributed by atoms with Gasteiger partial charge in [-0.3, -0.25) is 13.9 Å². The lowest BCUT2D eigenvalue weighted by Crippen LogP contribution is -2.39. The van der Waals surface area contributed by atoms with Crippen LogP contribution in [0.3, 0.4) is 0 Å². The number of aromatic nitrogens is 4. The van der Waals surface area contributed by atoms with Crippen LogP contribution in [-0.4, -0.2) is 43.1 Å². The molecule has 0 radical (unpaired) electrons. The number of amides is 1. The first-order valence-electron chi connectivity index (χ1n) is 8.39. The highest BCUT2D eigenvalue weighted by molar-refractivity contribution is 9.10. The second-order valence-electron chi connectivity index (χ2n) is 6.39. The van der Waals surface area contributed by atoms with Gasteiger partial charge in [0, 0.05) is 25.5 Å². The zero-order valence-corrected chi connectivity index (χ0v) is 15.6. The number of fused-ring (bicyclic) bond motifs is 1. The summed E-state index contributed by atoms with van der Waals surface area (Å²) in [6.45, 7) is 0.877. The molecule has 0 unspecified atom stereocenters. The van der Waals surface area contributed by atoms with Crippen molar-refractivity contribution in [3.63, 3.8) is 0 Å². The minimum atomic E-state index is -4.45. The van der Waals surface area contributed by atoms with Crippen LogP contribution in [0.4, 0.5) is 13.2 Å².